The highest BCUT2D eigenvalue weighted by atomic mass is 32.2. The largest absolute Gasteiger partial charge is 0.497 e. The fraction of sp³-hybridized carbons (Fsp3) is 0.632. The molecule has 2 rings (SSSR count). The predicted octanol–water partition coefficient (Wildman–Crippen LogP) is 2.71. The second-order valence-corrected chi connectivity index (χ2v) is 9.00. The molecule has 0 bridgehead atoms. The van der Waals surface area contributed by atoms with Crippen molar-refractivity contribution in [2.75, 3.05) is 20.2 Å². The lowest BCUT2D eigenvalue weighted by atomic mass is 10.0. The summed E-state index contributed by atoms with van der Waals surface area (Å²) in [6, 6.07) is 4.08. The van der Waals surface area contributed by atoms with Crippen molar-refractivity contribution in [2.24, 2.45) is 5.92 Å². The van der Waals surface area contributed by atoms with Gasteiger partial charge in [0.05, 0.1) is 12.0 Å². The molecule has 0 spiro atoms. The van der Waals surface area contributed by atoms with Crippen molar-refractivity contribution >= 4 is 15.9 Å². The molecule has 0 aromatic heterocycles. The van der Waals surface area contributed by atoms with Crippen molar-refractivity contribution < 1.29 is 17.9 Å². The quantitative estimate of drug-likeness (QED) is 0.787. The molecular weight excluding hydrogens is 352 g/mol. The molecule has 1 saturated heterocycles. The van der Waals surface area contributed by atoms with Crippen LogP contribution in [-0.4, -0.2) is 45.5 Å². The minimum absolute atomic E-state index is 0.117. The van der Waals surface area contributed by atoms with Gasteiger partial charge in [0.2, 0.25) is 15.9 Å². The van der Waals surface area contributed by atoms with Gasteiger partial charge in [-0.15, -0.1) is 0 Å². The second kappa shape index (κ2) is 8.86. The molecular formula is C19H30N2O4S. The Morgan fingerprint density at radius 2 is 1.88 bits per heavy atom. The van der Waals surface area contributed by atoms with E-state index in [0.29, 0.717) is 30.8 Å². The first kappa shape index (κ1) is 20.7. The minimum atomic E-state index is -3.80. The van der Waals surface area contributed by atoms with Crippen molar-refractivity contribution in [1.82, 2.24) is 9.62 Å². The van der Waals surface area contributed by atoms with Gasteiger partial charge < -0.3 is 9.64 Å². The number of sulfonamides is 1. The Morgan fingerprint density at radius 1 is 1.23 bits per heavy atom. The summed E-state index contributed by atoms with van der Waals surface area (Å²) >= 11 is 0. The fourth-order valence-electron chi connectivity index (χ4n) is 3.31. The van der Waals surface area contributed by atoms with Gasteiger partial charge >= 0.3 is 0 Å². The van der Waals surface area contributed by atoms with E-state index in [1.165, 1.54) is 13.2 Å². The standard InChI is InChI=1S/C19H30N2O4S/c1-14(2)12-17(19(22)21-10-6-5-7-11-21)20-26(23,24)18-9-8-16(25-4)13-15(18)3/h8-9,13-14,17,20H,5-7,10-12H2,1-4H3/t17-/m0/s1. The number of nitrogens with zero attached hydrogens (tertiary/aromatic N) is 1. The number of benzene rings is 1. The Bertz CT molecular complexity index is 725. The number of hydrogen-bond donors (Lipinski definition) is 1. The van der Waals surface area contributed by atoms with E-state index < -0.39 is 16.1 Å². The van der Waals surface area contributed by atoms with Gasteiger partial charge in [-0.2, -0.15) is 4.72 Å². The van der Waals surface area contributed by atoms with Crippen molar-refractivity contribution in [2.45, 2.75) is 57.4 Å². The van der Waals surface area contributed by atoms with Gasteiger partial charge in [-0.25, -0.2) is 8.42 Å². The first-order valence-corrected chi connectivity index (χ1v) is 10.7. The van der Waals surface area contributed by atoms with Crippen LogP contribution < -0.4 is 9.46 Å². The molecule has 0 saturated carbocycles. The van der Waals surface area contributed by atoms with E-state index in [1.54, 1.807) is 24.0 Å². The van der Waals surface area contributed by atoms with Crippen molar-refractivity contribution in [1.29, 1.82) is 0 Å². The molecule has 1 aliphatic rings. The Morgan fingerprint density at radius 3 is 2.42 bits per heavy atom. The third-order valence-electron chi connectivity index (χ3n) is 4.64. The lowest BCUT2D eigenvalue weighted by molar-refractivity contribution is -0.134. The van der Waals surface area contributed by atoms with Crippen LogP contribution in [0.2, 0.25) is 0 Å². The maximum Gasteiger partial charge on any atom is 0.241 e. The number of aryl methyl sites for hydroxylation is 1. The van der Waals surface area contributed by atoms with Crippen LogP contribution in [0.15, 0.2) is 23.1 Å². The summed E-state index contributed by atoms with van der Waals surface area (Å²) < 4.78 is 33.6. The summed E-state index contributed by atoms with van der Waals surface area (Å²) in [5.74, 6) is 0.686. The first-order valence-electron chi connectivity index (χ1n) is 9.20. The summed E-state index contributed by atoms with van der Waals surface area (Å²) in [5.41, 5.74) is 0.588. The molecule has 1 fully saturated rings. The number of hydrogen-bond acceptors (Lipinski definition) is 4. The third-order valence-corrected chi connectivity index (χ3v) is 6.27. The molecule has 1 aromatic carbocycles. The smallest absolute Gasteiger partial charge is 0.241 e. The number of carbonyl (C=O) groups is 1. The molecule has 1 aromatic rings. The maximum absolute atomic E-state index is 12.9. The van der Waals surface area contributed by atoms with Crippen LogP contribution in [0.1, 0.15) is 45.1 Å². The number of piperidine rings is 1. The number of ether oxygens (including phenoxy) is 1. The highest BCUT2D eigenvalue weighted by Crippen LogP contribution is 2.22. The topological polar surface area (TPSA) is 75.7 Å². The zero-order valence-electron chi connectivity index (χ0n) is 16.1. The highest BCUT2D eigenvalue weighted by Gasteiger charge is 2.31. The van der Waals surface area contributed by atoms with Crippen LogP contribution in [0.5, 0.6) is 5.75 Å². The van der Waals surface area contributed by atoms with Gasteiger partial charge in [0.25, 0.3) is 0 Å². The van der Waals surface area contributed by atoms with E-state index in [-0.39, 0.29) is 16.7 Å². The van der Waals surface area contributed by atoms with E-state index in [9.17, 15) is 13.2 Å². The molecule has 1 amide bonds. The Hall–Kier alpha value is -1.60. The van der Waals surface area contributed by atoms with Gasteiger partial charge in [-0.1, -0.05) is 13.8 Å². The average Bonchev–Trinajstić information content (AvgIpc) is 2.60. The number of likely N-dealkylation sites (tertiary alicyclic amines) is 1. The summed E-state index contributed by atoms with van der Waals surface area (Å²) in [5, 5.41) is 0. The molecule has 6 nitrogen and oxygen atoms in total. The third kappa shape index (κ3) is 5.20. The van der Waals surface area contributed by atoms with E-state index in [4.69, 9.17) is 4.74 Å². The van der Waals surface area contributed by atoms with Gasteiger partial charge in [-0.3, -0.25) is 4.79 Å². The van der Waals surface area contributed by atoms with E-state index in [1.807, 2.05) is 13.8 Å². The first-order chi connectivity index (χ1) is 12.2. The Balaban J connectivity index is 2.24. The Labute approximate surface area is 157 Å². The van der Waals surface area contributed by atoms with Gasteiger partial charge in [0, 0.05) is 13.1 Å². The van der Waals surface area contributed by atoms with E-state index in [0.717, 1.165) is 19.3 Å². The summed E-state index contributed by atoms with van der Waals surface area (Å²) in [6.07, 6.45) is 3.55. The molecule has 26 heavy (non-hydrogen) atoms. The number of amides is 1. The van der Waals surface area contributed by atoms with Crippen molar-refractivity contribution in [3.8, 4) is 5.75 Å². The van der Waals surface area contributed by atoms with Crippen molar-refractivity contribution in [3.05, 3.63) is 23.8 Å². The van der Waals surface area contributed by atoms with Gasteiger partial charge in [-0.05, 0) is 62.3 Å². The molecule has 7 heteroatoms. The fourth-order valence-corrected chi connectivity index (χ4v) is 4.74. The molecule has 1 heterocycles. The average molecular weight is 383 g/mol. The molecule has 1 N–H and O–H groups in total. The number of nitrogens with one attached hydrogen (secondary N) is 1. The van der Waals surface area contributed by atoms with E-state index >= 15 is 0 Å². The minimum Gasteiger partial charge on any atom is -0.497 e. The lowest BCUT2D eigenvalue weighted by Gasteiger charge is -2.31. The highest BCUT2D eigenvalue weighted by molar-refractivity contribution is 7.89. The normalized spacial score (nSPS) is 16.6. The monoisotopic (exact) mass is 382 g/mol. The molecule has 1 atom stereocenters. The zero-order chi connectivity index (χ0) is 19.3. The van der Waals surface area contributed by atoms with Crippen LogP contribution in [0.25, 0.3) is 0 Å². The molecule has 0 unspecified atom stereocenters. The number of carbonyl (C=O) groups excluding carboxylic acids is 1. The van der Waals surface area contributed by atoms with Crippen LogP contribution in [0.3, 0.4) is 0 Å². The number of rotatable bonds is 7. The zero-order valence-corrected chi connectivity index (χ0v) is 16.9. The van der Waals surface area contributed by atoms with Crippen LogP contribution >= 0.6 is 0 Å². The molecule has 0 radical (unpaired) electrons. The molecule has 146 valence electrons. The van der Waals surface area contributed by atoms with Crippen LogP contribution in [-0.2, 0) is 14.8 Å². The Kier molecular flexibility index (Phi) is 7.06. The van der Waals surface area contributed by atoms with E-state index in [2.05, 4.69) is 4.72 Å². The SMILES string of the molecule is COc1ccc(S(=O)(=O)N[C@@H](CC(C)C)C(=O)N2CCCCC2)c(C)c1. The van der Waals surface area contributed by atoms with Gasteiger partial charge in [0.1, 0.15) is 11.8 Å². The number of methoxy groups -OCH3 is 1. The second-order valence-electron chi connectivity index (χ2n) is 7.32. The lowest BCUT2D eigenvalue weighted by Crippen LogP contribution is -2.50. The molecule has 0 aliphatic carbocycles. The predicted molar refractivity (Wildman–Crippen MR) is 102 cm³/mol. The summed E-state index contributed by atoms with van der Waals surface area (Å²) in [7, 11) is -2.26. The van der Waals surface area contributed by atoms with Crippen molar-refractivity contribution in [3.63, 3.8) is 0 Å². The summed E-state index contributed by atoms with van der Waals surface area (Å²) in [4.78, 5) is 14.9. The molecule has 1 aliphatic heterocycles. The summed E-state index contributed by atoms with van der Waals surface area (Å²) in [6.45, 7) is 7.11. The van der Waals surface area contributed by atoms with Crippen LogP contribution in [0, 0.1) is 12.8 Å². The van der Waals surface area contributed by atoms with Gasteiger partial charge in [0.15, 0.2) is 0 Å². The maximum atomic E-state index is 12.9. The van der Waals surface area contributed by atoms with Crippen LogP contribution in [0.4, 0.5) is 0 Å².